The van der Waals surface area contributed by atoms with Crippen LogP contribution in [0, 0.1) is 5.92 Å². The van der Waals surface area contributed by atoms with E-state index in [4.69, 9.17) is 5.11 Å². The highest BCUT2D eigenvalue weighted by molar-refractivity contribution is 5.65. The predicted molar refractivity (Wildman–Crippen MR) is 61.5 cm³/mol. The van der Waals surface area contributed by atoms with Crippen LogP contribution in [0.25, 0.3) is 0 Å². The molecule has 1 aliphatic heterocycles. The first kappa shape index (κ1) is 13.3. The van der Waals surface area contributed by atoms with Crippen molar-refractivity contribution < 1.29 is 15.0 Å². The van der Waals surface area contributed by atoms with Crippen molar-refractivity contribution in [2.24, 2.45) is 5.92 Å². The molecule has 3 N–H and O–H groups in total. The molecule has 0 aromatic rings. The predicted octanol–water partition coefficient (Wildman–Crippen LogP) is 0.735. The molecule has 0 radical (unpaired) electrons. The topological polar surface area (TPSA) is 72.8 Å². The van der Waals surface area contributed by atoms with Gasteiger partial charge in [0.15, 0.2) is 0 Å². The molecule has 0 spiro atoms. The van der Waals surface area contributed by atoms with Crippen molar-refractivity contribution in [3.05, 3.63) is 0 Å². The Morgan fingerprint density at radius 1 is 1.50 bits per heavy atom. The molecule has 1 amide bonds. The number of likely N-dealkylation sites (tertiary alicyclic amines) is 1. The maximum absolute atomic E-state index is 10.9. The van der Waals surface area contributed by atoms with Crippen molar-refractivity contribution in [1.82, 2.24) is 10.2 Å². The fraction of sp³-hybridized carbons (Fsp3) is 0.909. The number of piperidine rings is 1. The van der Waals surface area contributed by atoms with E-state index in [9.17, 15) is 9.90 Å². The van der Waals surface area contributed by atoms with Crippen molar-refractivity contribution in [2.75, 3.05) is 19.7 Å². The van der Waals surface area contributed by atoms with E-state index in [0.717, 1.165) is 6.42 Å². The number of aliphatic hydroxyl groups excluding tert-OH is 1. The third-order valence-corrected chi connectivity index (χ3v) is 2.88. The van der Waals surface area contributed by atoms with Crippen LogP contribution in [0.3, 0.4) is 0 Å². The fourth-order valence-corrected chi connectivity index (χ4v) is 2.11. The lowest BCUT2D eigenvalue weighted by Gasteiger charge is -2.40. The maximum atomic E-state index is 10.9. The van der Waals surface area contributed by atoms with Gasteiger partial charge in [-0.3, -0.25) is 0 Å². The van der Waals surface area contributed by atoms with Gasteiger partial charge in [0, 0.05) is 37.2 Å². The lowest BCUT2D eigenvalue weighted by atomic mass is 9.90. The molecule has 94 valence electrons. The number of carboxylic acid groups (broad SMARTS) is 1. The van der Waals surface area contributed by atoms with Crippen LogP contribution in [0.1, 0.15) is 27.2 Å². The van der Waals surface area contributed by atoms with Crippen molar-refractivity contribution in [2.45, 2.75) is 38.8 Å². The standard InChI is InChI=1S/C11H22N2O3/c1-11(2,3)12-9-6-13(10(15)16)5-4-8(9)7-14/h8-9,12,14H,4-7H2,1-3H3,(H,15,16). The third kappa shape index (κ3) is 3.64. The van der Waals surface area contributed by atoms with Crippen LogP contribution in [-0.2, 0) is 0 Å². The normalized spacial score (nSPS) is 26.9. The molecule has 0 aliphatic carbocycles. The summed E-state index contributed by atoms with van der Waals surface area (Å²) in [6.07, 6.45) is -0.159. The summed E-state index contributed by atoms with van der Waals surface area (Å²) in [5, 5.41) is 21.6. The van der Waals surface area contributed by atoms with Crippen molar-refractivity contribution in [3.8, 4) is 0 Å². The van der Waals surface area contributed by atoms with Crippen LogP contribution in [-0.4, -0.2) is 52.5 Å². The van der Waals surface area contributed by atoms with Crippen molar-refractivity contribution in [3.63, 3.8) is 0 Å². The lowest BCUT2D eigenvalue weighted by molar-refractivity contribution is 0.0758. The molecule has 5 heteroatoms. The Balaban J connectivity index is 2.64. The van der Waals surface area contributed by atoms with Gasteiger partial charge in [0.2, 0.25) is 0 Å². The van der Waals surface area contributed by atoms with Gasteiger partial charge in [-0.2, -0.15) is 0 Å². The molecule has 2 atom stereocenters. The molecular formula is C11H22N2O3. The van der Waals surface area contributed by atoms with Crippen LogP contribution >= 0.6 is 0 Å². The maximum Gasteiger partial charge on any atom is 0.407 e. The van der Waals surface area contributed by atoms with Gasteiger partial charge in [-0.1, -0.05) is 0 Å². The second-order valence-corrected chi connectivity index (χ2v) is 5.46. The molecule has 0 aromatic carbocycles. The van der Waals surface area contributed by atoms with Gasteiger partial charge in [0.25, 0.3) is 0 Å². The molecule has 5 nitrogen and oxygen atoms in total. The minimum atomic E-state index is -0.878. The molecule has 1 fully saturated rings. The van der Waals surface area contributed by atoms with E-state index < -0.39 is 6.09 Å². The minimum Gasteiger partial charge on any atom is -0.465 e. The highest BCUT2D eigenvalue weighted by atomic mass is 16.4. The van der Waals surface area contributed by atoms with Crippen LogP contribution in [0.15, 0.2) is 0 Å². The molecule has 2 unspecified atom stereocenters. The van der Waals surface area contributed by atoms with Crippen LogP contribution < -0.4 is 5.32 Å². The number of nitrogens with zero attached hydrogens (tertiary/aromatic N) is 1. The van der Waals surface area contributed by atoms with E-state index in [1.165, 1.54) is 4.90 Å². The molecule has 1 aliphatic rings. The number of nitrogens with one attached hydrogen (secondary N) is 1. The molecule has 0 bridgehead atoms. The van der Waals surface area contributed by atoms with E-state index in [0.29, 0.717) is 13.1 Å². The molecule has 0 saturated carbocycles. The molecule has 0 aromatic heterocycles. The first-order valence-corrected chi connectivity index (χ1v) is 5.70. The van der Waals surface area contributed by atoms with Crippen LogP contribution in [0.5, 0.6) is 0 Å². The Labute approximate surface area is 96.4 Å². The summed E-state index contributed by atoms with van der Waals surface area (Å²) < 4.78 is 0. The average Bonchev–Trinajstić information content (AvgIpc) is 2.15. The molecule has 1 heterocycles. The Hall–Kier alpha value is -0.810. The third-order valence-electron chi connectivity index (χ3n) is 2.88. The van der Waals surface area contributed by atoms with Gasteiger partial charge in [-0.25, -0.2) is 4.79 Å². The minimum absolute atomic E-state index is 0.0369. The Bertz CT molecular complexity index is 250. The smallest absolute Gasteiger partial charge is 0.407 e. The van der Waals surface area contributed by atoms with Crippen LogP contribution in [0.2, 0.25) is 0 Å². The number of amides is 1. The largest absolute Gasteiger partial charge is 0.465 e. The van der Waals surface area contributed by atoms with E-state index in [1.807, 2.05) is 20.8 Å². The fourth-order valence-electron chi connectivity index (χ4n) is 2.11. The summed E-state index contributed by atoms with van der Waals surface area (Å²) >= 11 is 0. The van der Waals surface area contributed by atoms with Gasteiger partial charge in [-0.05, 0) is 27.2 Å². The van der Waals surface area contributed by atoms with Gasteiger partial charge in [-0.15, -0.1) is 0 Å². The van der Waals surface area contributed by atoms with Gasteiger partial charge < -0.3 is 20.4 Å². The Kier molecular flexibility index (Phi) is 4.15. The zero-order valence-electron chi connectivity index (χ0n) is 10.2. The number of rotatable bonds is 2. The summed E-state index contributed by atoms with van der Waals surface area (Å²) in [4.78, 5) is 12.3. The number of hydrogen-bond donors (Lipinski definition) is 3. The van der Waals surface area contributed by atoms with Crippen LogP contribution in [0.4, 0.5) is 4.79 Å². The highest BCUT2D eigenvalue weighted by Crippen LogP contribution is 2.19. The van der Waals surface area contributed by atoms with E-state index in [1.54, 1.807) is 0 Å². The first-order chi connectivity index (χ1) is 7.33. The molecule has 1 saturated heterocycles. The zero-order valence-corrected chi connectivity index (χ0v) is 10.2. The Morgan fingerprint density at radius 2 is 2.12 bits per heavy atom. The first-order valence-electron chi connectivity index (χ1n) is 5.70. The molecule has 16 heavy (non-hydrogen) atoms. The second-order valence-electron chi connectivity index (χ2n) is 5.46. The van der Waals surface area contributed by atoms with Crippen molar-refractivity contribution >= 4 is 6.09 Å². The van der Waals surface area contributed by atoms with E-state index in [-0.39, 0.29) is 24.1 Å². The summed E-state index contributed by atoms with van der Waals surface area (Å²) in [7, 11) is 0. The zero-order chi connectivity index (χ0) is 12.3. The van der Waals surface area contributed by atoms with E-state index >= 15 is 0 Å². The summed E-state index contributed by atoms with van der Waals surface area (Å²) in [6, 6.07) is 0.0369. The van der Waals surface area contributed by atoms with Gasteiger partial charge in [0.05, 0.1) is 0 Å². The highest BCUT2D eigenvalue weighted by Gasteiger charge is 2.32. The van der Waals surface area contributed by atoms with Crippen molar-refractivity contribution in [1.29, 1.82) is 0 Å². The van der Waals surface area contributed by atoms with E-state index in [2.05, 4.69) is 5.32 Å². The molecular weight excluding hydrogens is 208 g/mol. The monoisotopic (exact) mass is 230 g/mol. The second kappa shape index (κ2) is 5.01. The summed E-state index contributed by atoms with van der Waals surface area (Å²) in [5.74, 6) is 0.148. The summed E-state index contributed by atoms with van der Waals surface area (Å²) in [5.41, 5.74) is -0.0698. The summed E-state index contributed by atoms with van der Waals surface area (Å²) in [6.45, 7) is 7.21. The SMILES string of the molecule is CC(C)(C)NC1CN(C(=O)O)CCC1CO. The average molecular weight is 230 g/mol. The molecule has 1 rings (SSSR count). The Morgan fingerprint density at radius 3 is 2.56 bits per heavy atom. The number of aliphatic hydroxyl groups is 1. The van der Waals surface area contributed by atoms with Gasteiger partial charge >= 0.3 is 6.09 Å². The quantitative estimate of drug-likeness (QED) is 0.654. The number of hydrogen-bond acceptors (Lipinski definition) is 3. The lowest BCUT2D eigenvalue weighted by Crippen LogP contribution is -2.57. The number of carbonyl (C=O) groups is 1. The van der Waals surface area contributed by atoms with Gasteiger partial charge in [0.1, 0.15) is 0 Å².